The van der Waals surface area contributed by atoms with Crippen molar-refractivity contribution in [3.05, 3.63) is 16.1 Å². The van der Waals surface area contributed by atoms with E-state index in [0.717, 1.165) is 17.2 Å². The molecule has 16 heavy (non-hydrogen) atoms. The van der Waals surface area contributed by atoms with Gasteiger partial charge in [0.2, 0.25) is 0 Å². The first-order valence-corrected chi connectivity index (χ1v) is 6.18. The predicted molar refractivity (Wildman–Crippen MR) is 65.5 cm³/mol. The van der Waals surface area contributed by atoms with E-state index in [1.807, 2.05) is 26.3 Å². The van der Waals surface area contributed by atoms with Crippen LogP contribution in [0.5, 0.6) is 0 Å². The number of aliphatic hydroxyl groups excluding tert-OH is 2. The van der Waals surface area contributed by atoms with Crippen molar-refractivity contribution in [3.8, 4) is 0 Å². The second-order valence-corrected chi connectivity index (χ2v) is 5.72. The van der Waals surface area contributed by atoms with Gasteiger partial charge in [-0.3, -0.25) is 4.90 Å². The lowest BCUT2D eigenvalue weighted by molar-refractivity contribution is 0.0399. The fourth-order valence-corrected chi connectivity index (χ4v) is 2.22. The second kappa shape index (κ2) is 5.72. The number of rotatable bonds is 6. The highest BCUT2D eigenvalue weighted by Gasteiger charge is 2.24. The minimum Gasteiger partial charge on any atom is -0.396 e. The zero-order chi connectivity index (χ0) is 12.2. The molecule has 0 atom stereocenters. The maximum absolute atomic E-state index is 9.20. The number of hydrogen-bond donors (Lipinski definition) is 2. The number of aryl methyl sites for hydroxylation is 1. The Labute approximate surface area is 101 Å². The van der Waals surface area contributed by atoms with Crippen LogP contribution in [0.3, 0.4) is 0 Å². The van der Waals surface area contributed by atoms with E-state index in [1.165, 1.54) is 0 Å². The van der Waals surface area contributed by atoms with Crippen molar-refractivity contribution in [1.82, 2.24) is 9.88 Å². The number of nitrogens with zero attached hydrogens (tertiary/aromatic N) is 2. The first kappa shape index (κ1) is 13.6. The molecule has 0 saturated carbocycles. The van der Waals surface area contributed by atoms with Gasteiger partial charge in [-0.05, 0) is 14.0 Å². The van der Waals surface area contributed by atoms with E-state index in [9.17, 15) is 10.2 Å². The van der Waals surface area contributed by atoms with Crippen molar-refractivity contribution in [2.45, 2.75) is 20.4 Å². The Bertz CT molecular complexity index is 324. The van der Waals surface area contributed by atoms with Crippen molar-refractivity contribution in [1.29, 1.82) is 0 Å². The third-order valence-electron chi connectivity index (χ3n) is 2.51. The molecule has 2 N–H and O–H groups in total. The first-order chi connectivity index (χ1) is 7.49. The normalized spacial score (nSPS) is 12.4. The summed E-state index contributed by atoms with van der Waals surface area (Å²) in [7, 11) is 1.97. The third kappa shape index (κ3) is 3.83. The summed E-state index contributed by atoms with van der Waals surface area (Å²) in [6, 6.07) is 0. The Balaban J connectivity index is 2.50. The molecule has 0 aliphatic heterocycles. The van der Waals surface area contributed by atoms with Crippen LogP contribution in [0, 0.1) is 12.3 Å². The van der Waals surface area contributed by atoms with Crippen molar-refractivity contribution in [2.75, 3.05) is 26.8 Å². The third-order valence-corrected chi connectivity index (χ3v) is 3.34. The van der Waals surface area contributed by atoms with Gasteiger partial charge < -0.3 is 10.2 Å². The highest BCUT2D eigenvalue weighted by Crippen LogP contribution is 2.17. The molecule has 0 saturated heterocycles. The number of aromatic nitrogens is 1. The molecule has 0 aliphatic carbocycles. The van der Waals surface area contributed by atoms with Crippen LogP contribution in [0.15, 0.2) is 5.38 Å². The molecule has 1 heterocycles. The van der Waals surface area contributed by atoms with Gasteiger partial charge in [0, 0.05) is 23.9 Å². The quantitative estimate of drug-likeness (QED) is 0.780. The molecule has 0 fully saturated rings. The van der Waals surface area contributed by atoms with E-state index < -0.39 is 5.41 Å². The molecule has 4 nitrogen and oxygen atoms in total. The molecule has 1 rings (SSSR count). The van der Waals surface area contributed by atoms with E-state index in [-0.39, 0.29) is 13.2 Å². The summed E-state index contributed by atoms with van der Waals surface area (Å²) < 4.78 is 0. The molecular weight excluding hydrogens is 224 g/mol. The topological polar surface area (TPSA) is 56.6 Å². The van der Waals surface area contributed by atoms with Crippen LogP contribution < -0.4 is 0 Å². The predicted octanol–water partition coefficient (Wildman–Crippen LogP) is 0.874. The zero-order valence-corrected chi connectivity index (χ0v) is 10.9. The van der Waals surface area contributed by atoms with Crippen molar-refractivity contribution >= 4 is 11.3 Å². The Kier molecular flexibility index (Phi) is 4.86. The maximum Gasteiger partial charge on any atom is 0.0897 e. The van der Waals surface area contributed by atoms with Crippen LogP contribution in [0.2, 0.25) is 0 Å². The number of hydrogen-bond acceptors (Lipinski definition) is 5. The average Bonchev–Trinajstić information content (AvgIpc) is 2.63. The average molecular weight is 244 g/mol. The lowest BCUT2D eigenvalue weighted by atomic mass is 9.92. The molecule has 0 aliphatic rings. The van der Waals surface area contributed by atoms with Crippen LogP contribution in [0.25, 0.3) is 0 Å². The standard InChI is InChI=1S/C11H20N2O2S/c1-9-12-10(5-16-9)4-13(3)6-11(2,7-14)8-15/h5,14-15H,4,6-8H2,1-3H3. The van der Waals surface area contributed by atoms with Gasteiger partial charge in [-0.1, -0.05) is 6.92 Å². The Hall–Kier alpha value is -0.490. The lowest BCUT2D eigenvalue weighted by Gasteiger charge is -2.29. The van der Waals surface area contributed by atoms with E-state index in [0.29, 0.717) is 6.54 Å². The molecule has 0 aromatic carbocycles. The smallest absolute Gasteiger partial charge is 0.0897 e. The summed E-state index contributed by atoms with van der Waals surface area (Å²) in [5.41, 5.74) is 0.600. The molecule has 1 aromatic rings. The van der Waals surface area contributed by atoms with Crippen LogP contribution in [0.4, 0.5) is 0 Å². The Morgan fingerprint density at radius 1 is 1.44 bits per heavy atom. The van der Waals surface area contributed by atoms with Gasteiger partial charge in [-0.15, -0.1) is 11.3 Å². The first-order valence-electron chi connectivity index (χ1n) is 5.30. The van der Waals surface area contributed by atoms with Crippen LogP contribution in [-0.2, 0) is 6.54 Å². The summed E-state index contributed by atoms with van der Waals surface area (Å²) in [6.45, 7) is 5.24. The summed E-state index contributed by atoms with van der Waals surface area (Å²) in [6.07, 6.45) is 0. The fourth-order valence-electron chi connectivity index (χ4n) is 1.61. The van der Waals surface area contributed by atoms with E-state index in [4.69, 9.17) is 0 Å². The minimum absolute atomic E-state index is 0.00999. The Morgan fingerprint density at radius 3 is 2.50 bits per heavy atom. The van der Waals surface area contributed by atoms with Gasteiger partial charge in [-0.25, -0.2) is 4.98 Å². The van der Waals surface area contributed by atoms with Crippen LogP contribution >= 0.6 is 11.3 Å². The van der Waals surface area contributed by atoms with E-state index in [2.05, 4.69) is 9.88 Å². The summed E-state index contributed by atoms with van der Waals surface area (Å²) in [4.78, 5) is 6.45. The van der Waals surface area contributed by atoms with Crippen molar-refractivity contribution in [2.24, 2.45) is 5.41 Å². The largest absolute Gasteiger partial charge is 0.396 e. The molecule has 1 aromatic heterocycles. The van der Waals surface area contributed by atoms with Crippen molar-refractivity contribution < 1.29 is 10.2 Å². The van der Waals surface area contributed by atoms with Crippen LogP contribution in [-0.4, -0.2) is 46.9 Å². The highest BCUT2D eigenvalue weighted by atomic mass is 32.1. The summed E-state index contributed by atoms with van der Waals surface area (Å²) in [5.74, 6) is 0. The highest BCUT2D eigenvalue weighted by molar-refractivity contribution is 7.09. The van der Waals surface area contributed by atoms with Gasteiger partial charge in [0.05, 0.1) is 23.9 Å². The molecule has 0 amide bonds. The Morgan fingerprint density at radius 2 is 2.06 bits per heavy atom. The molecule has 0 spiro atoms. The van der Waals surface area contributed by atoms with Crippen LogP contribution in [0.1, 0.15) is 17.6 Å². The fraction of sp³-hybridized carbons (Fsp3) is 0.727. The summed E-state index contributed by atoms with van der Waals surface area (Å²) in [5, 5.41) is 21.5. The SMILES string of the molecule is Cc1nc(CN(C)CC(C)(CO)CO)cs1. The van der Waals surface area contributed by atoms with Crippen molar-refractivity contribution in [3.63, 3.8) is 0 Å². The van der Waals surface area contributed by atoms with Gasteiger partial charge in [0.25, 0.3) is 0 Å². The lowest BCUT2D eigenvalue weighted by Crippen LogP contribution is -2.38. The minimum atomic E-state index is -0.445. The molecule has 0 bridgehead atoms. The molecule has 0 radical (unpaired) electrons. The van der Waals surface area contributed by atoms with Gasteiger partial charge >= 0.3 is 0 Å². The van der Waals surface area contributed by atoms with Gasteiger partial charge in [0.1, 0.15) is 0 Å². The van der Waals surface area contributed by atoms with E-state index >= 15 is 0 Å². The molecule has 92 valence electrons. The maximum atomic E-state index is 9.20. The molecule has 5 heteroatoms. The zero-order valence-electron chi connectivity index (χ0n) is 10.1. The number of aliphatic hydroxyl groups is 2. The molecule has 0 unspecified atom stereocenters. The summed E-state index contributed by atoms with van der Waals surface area (Å²) >= 11 is 1.64. The number of thiazole rings is 1. The van der Waals surface area contributed by atoms with Gasteiger partial charge in [-0.2, -0.15) is 0 Å². The monoisotopic (exact) mass is 244 g/mol. The second-order valence-electron chi connectivity index (χ2n) is 4.66. The molecular formula is C11H20N2O2S. The van der Waals surface area contributed by atoms with E-state index in [1.54, 1.807) is 11.3 Å². The van der Waals surface area contributed by atoms with Gasteiger partial charge in [0.15, 0.2) is 0 Å².